The summed E-state index contributed by atoms with van der Waals surface area (Å²) < 4.78 is 170. The maximum Gasteiger partial charge on any atom is 0.416 e. The van der Waals surface area contributed by atoms with E-state index in [1.54, 1.807) is 36.4 Å². The quantitative estimate of drug-likeness (QED) is 0.1000. The van der Waals surface area contributed by atoms with E-state index in [-0.39, 0.29) is 33.5 Å². The predicted octanol–water partition coefficient (Wildman–Crippen LogP) is 15.0. The van der Waals surface area contributed by atoms with E-state index in [4.69, 9.17) is 0 Å². The van der Waals surface area contributed by atoms with Crippen molar-refractivity contribution in [1.29, 1.82) is 0 Å². The van der Waals surface area contributed by atoms with Gasteiger partial charge in [-0.25, -0.2) is 0 Å². The van der Waals surface area contributed by atoms with E-state index < -0.39 is 62.8 Å². The largest absolute Gasteiger partial charge is 0.416 e. The second kappa shape index (κ2) is 17.4. The molecule has 0 amide bonds. The molecule has 0 heterocycles. The summed E-state index contributed by atoms with van der Waals surface area (Å²) in [5, 5.41) is 3.48. The Balaban J connectivity index is 1.39. The molecule has 14 heteroatoms. The third-order valence-corrected chi connectivity index (χ3v) is 15.8. The van der Waals surface area contributed by atoms with Gasteiger partial charge >= 0.3 is 24.7 Å². The standard InChI is InChI=1S/C50H32F12P2/c51-47(52,53)35-11-5-15-39(25-35)63(40-16-6-12-36(26-40)48(54,55)56)29-33-23-21-31-9-1-3-19-43(31)45(33)46-34(24-22-32-10-2-4-20-44(32)46)30-64(41-17-7-13-37(27-41)49(57,58)59)42-18-8-14-38(28-42)50(60,61)62/h1-28H,29-30H2. The molecule has 0 saturated heterocycles. The van der Waals surface area contributed by atoms with E-state index in [1.807, 2.05) is 36.4 Å². The molecule has 8 aromatic carbocycles. The molecule has 0 aliphatic carbocycles. The zero-order valence-electron chi connectivity index (χ0n) is 33.0. The van der Waals surface area contributed by atoms with Crippen LogP contribution in [-0.2, 0) is 37.0 Å². The SMILES string of the molecule is FC(F)(F)c1cccc(P(Cc2ccc3ccccc3c2-c2c(CP(c3cccc(C(F)(F)F)c3)c3cccc(C(F)(F)F)c3)ccc3ccccc23)c2cccc(C(F)(F)F)c2)c1. The highest BCUT2D eigenvalue weighted by molar-refractivity contribution is 7.72. The van der Waals surface area contributed by atoms with Crippen molar-refractivity contribution in [2.24, 2.45) is 0 Å². The van der Waals surface area contributed by atoms with Gasteiger partial charge in [0.2, 0.25) is 0 Å². The average molecular weight is 923 g/mol. The lowest BCUT2D eigenvalue weighted by molar-refractivity contribution is -0.138. The minimum atomic E-state index is -4.76. The lowest BCUT2D eigenvalue weighted by atomic mass is 9.88. The van der Waals surface area contributed by atoms with Crippen molar-refractivity contribution < 1.29 is 52.7 Å². The molecule has 0 unspecified atom stereocenters. The van der Waals surface area contributed by atoms with Crippen LogP contribution in [0.25, 0.3) is 32.7 Å². The Morgan fingerprint density at radius 3 is 0.859 bits per heavy atom. The topological polar surface area (TPSA) is 0 Å². The lowest BCUT2D eigenvalue weighted by Gasteiger charge is -2.26. The van der Waals surface area contributed by atoms with Crippen molar-refractivity contribution in [3.05, 3.63) is 203 Å². The predicted molar refractivity (Wildman–Crippen MR) is 232 cm³/mol. The molecule has 0 fully saturated rings. The van der Waals surface area contributed by atoms with Crippen molar-refractivity contribution in [3.8, 4) is 11.1 Å². The summed E-state index contributed by atoms with van der Waals surface area (Å²) in [6, 6.07) is 39.8. The third kappa shape index (κ3) is 9.55. The second-order valence-corrected chi connectivity index (χ2v) is 19.4. The molecule has 0 saturated carbocycles. The molecule has 64 heavy (non-hydrogen) atoms. The molecule has 0 radical (unpaired) electrons. The monoisotopic (exact) mass is 922 g/mol. The van der Waals surface area contributed by atoms with Crippen molar-refractivity contribution in [2.75, 3.05) is 0 Å². The van der Waals surface area contributed by atoms with E-state index in [0.717, 1.165) is 59.3 Å². The molecular weight excluding hydrogens is 890 g/mol. The number of hydrogen-bond acceptors (Lipinski definition) is 0. The maximum absolute atomic E-state index is 14.2. The number of halogens is 12. The second-order valence-electron chi connectivity index (χ2n) is 15.0. The Labute approximate surface area is 361 Å². The summed E-state index contributed by atoms with van der Waals surface area (Å²) in [6.45, 7) is 0. The highest BCUT2D eigenvalue weighted by Gasteiger charge is 2.36. The summed E-state index contributed by atoms with van der Waals surface area (Å²) in [4.78, 5) is 0. The van der Waals surface area contributed by atoms with Crippen molar-refractivity contribution in [2.45, 2.75) is 37.0 Å². The minimum absolute atomic E-state index is 0.0448. The fraction of sp³-hybridized carbons (Fsp3) is 0.120. The molecule has 8 rings (SSSR count). The first kappa shape index (κ1) is 44.9. The first-order chi connectivity index (χ1) is 30.3. The maximum atomic E-state index is 14.2. The zero-order chi connectivity index (χ0) is 45.6. The first-order valence-electron chi connectivity index (χ1n) is 19.5. The number of rotatable bonds is 9. The van der Waals surface area contributed by atoms with Crippen LogP contribution >= 0.6 is 15.8 Å². The molecule has 0 spiro atoms. The third-order valence-electron chi connectivity index (χ3n) is 10.9. The van der Waals surface area contributed by atoms with Gasteiger partial charge in [0.1, 0.15) is 0 Å². The Bertz CT molecular complexity index is 2670. The number of hydrogen-bond donors (Lipinski definition) is 0. The fourth-order valence-electron chi connectivity index (χ4n) is 7.89. The van der Waals surface area contributed by atoms with Crippen LogP contribution in [0.1, 0.15) is 33.4 Å². The van der Waals surface area contributed by atoms with Crippen molar-refractivity contribution in [3.63, 3.8) is 0 Å². The van der Waals surface area contributed by atoms with Crippen LogP contribution in [-0.4, -0.2) is 0 Å². The normalized spacial score (nSPS) is 12.8. The molecule has 0 aliphatic heterocycles. The summed E-state index contributed by atoms with van der Waals surface area (Å²) in [6.07, 6.45) is -19.1. The Hall–Kier alpha value is -5.70. The fourth-order valence-corrected chi connectivity index (χ4v) is 12.7. The molecular formula is C50H32F12P2. The van der Waals surface area contributed by atoms with Gasteiger partial charge in [0.15, 0.2) is 0 Å². The molecule has 326 valence electrons. The highest BCUT2D eigenvalue weighted by atomic mass is 31.1. The van der Waals surface area contributed by atoms with Crippen LogP contribution in [0, 0.1) is 0 Å². The minimum Gasteiger partial charge on any atom is -0.166 e. The van der Waals surface area contributed by atoms with Crippen LogP contribution in [0.3, 0.4) is 0 Å². The van der Waals surface area contributed by atoms with Gasteiger partial charge in [0, 0.05) is 12.3 Å². The van der Waals surface area contributed by atoms with E-state index in [9.17, 15) is 52.7 Å². The number of alkyl halides is 12. The van der Waals surface area contributed by atoms with Gasteiger partial charge in [0.05, 0.1) is 22.3 Å². The average Bonchev–Trinajstić information content (AvgIpc) is 3.26. The first-order valence-corrected chi connectivity index (χ1v) is 22.6. The summed E-state index contributed by atoms with van der Waals surface area (Å²) >= 11 is 0. The van der Waals surface area contributed by atoms with Crippen LogP contribution in [0.4, 0.5) is 52.7 Å². The van der Waals surface area contributed by atoms with Gasteiger partial charge in [-0.2, -0.15) is 52.7 Å². The molecule has 0 N–H and O–H groups in total. The Kier molecular flexibility index (Phi) is 12.2. The molecule has 0 bridgehead atoms. The van der Waals surface area contributed by atoms with Crippen LogP contribution in [0.5, 0.6) is 0 Å². The van der Waals surface area contributed by atoms with E-state index in [0.29, 0.717) is 33.0 Å². The van der Waals surface area contributed by atoms with Crippen molar-refractivity contribution in [1.82, 2.24) is 0 Å². The number of fused-ring (bicyclic) bond motifs is 2. The van der Waals surface area contributed by atoms with E-state index in [2.05, 4.69) is 0 Å². The Morgan fingerprint density at radius 2 is 0.578 bits per heavy atom. The van der Waals surface area contributed by atoms with Gasteiger partial charge in [-0.1, -0.05) is 121 Å². The van der Waals surface area contributed by atoms with Crippen LogP contribution < -0.4 is 21.2 Å². The Morgan fingerprint density at radius 1 is 0.297 bits per heavy atom. The summed E-state index contributed by atoms with van der Waals surface area (Å²) in [5.74, 6) is 0. The van der Waals surface area contributed by atoms with E-state index >= 15 is 0 Å². The molecule has 0 aliphatic rings. The van der Waals surface area contributed by atoms with Gasteiger partial charge in [-0.3, -0.25) is 0 Å². The van der Waals surface area contributed by atoms with Gasteiger partial charge < -0.3 is 0 Å². The molecule has 0 atom stereocenters. The highest BCUT2D eigenvalue weighted by Crippen LogP contribution is 2.49. The summed E-state index contributed by atoms with van der Waals surface area (Å²) in [5.41, 5.74) is -1.62. The van der Waals surface area contributed by atoms with Crippen molar-refractivity contribution >= 4 is 58.6 Å². The van der Waals surface area contributed by atoms with Crippen LogP contribution in [0.15, 0.2) is 170 Å². The number of benzene rings is 8. The van der Waals surface area contributed by atoms with E-state index in [1.165, 1.54) is 48.5 Å². The smallest absolute Gasteiger partial charge is 0.166 e. The zero-order valence-corrected chi connectivity index (χ0v) is 34.8. The molecule has 0 nitrogen and oxygen atoms in total. The summed E-state index contributed by atoms with van der Waals surface area (Å²) in [7, 11) is -3.99. The molecule has 8 aromatic rings. The van der Waals surface area contributed by atoms with Gasteiger partial charge in [-0.05, 0) is 129 Å². The van der Waals surface area contributed by atoms with Gasteiger partial charge in [0.25, 0.3) is 0 Å². The lowest BCUT2D eigenvalue weighted by Crippen LogP contribution is -2.19. The van der Waals surface area contributed by atoms with Gasteiger partial charge in [-0.15, -0.1) is 0 Å². The molecule has 0 aromatic heterocycles. The van der Waals surface area contributed by atoms with Crippen LogP contribution in [0.2, 0.25) is 0 Å².